The number of carboxylic acids is 1. The van der Waals surface area contributed by atoms with E-state index in [9.17, 15) is 9.90 Å². The lowest BCUT2D eigenvalue weighted by Crippen LogP contribution is -2.35. The number of hydrogen-bond donors (Lipinski definition) is 1. The predicted octanol–water partition coefficient (Wildman–Crippen LogP) is 3.30. The molecule has 1 aromatic rings. The highest BCUT2D eigenvalue weighted by Crippen LogP contribution is 2.40. The van der Waals surface area contributed by atoms with Crippen LogP contribution in [-0.2, 0) is 11.2 Å². The Morgan fingerprint density at radius 3 is 2.55 bits per heavy atom. The molecule has 2 aliphatic rings. The molecule has 110 valence electrons. The van der Waals surface area contributed by atoms with E-state index in [2.05, 4.69) is 10.1 Å². The van der Waals surface area contributed by atoms with Gasteiger partial charge in [-0.1, -0.05) is 37.3 Å². The number of carbonyl (C=O) groups is 1. The summed E-state index contributed by atoms with van der Waals surface area (Å²) >= 11 is 0. The van der Waals surface area contributed by atoms with Gasteiger partial charge in [-0.05, 0) is 25.7 Å². The molecular weight excluding hydrogens is 256 g/mol. The first-order chi connectivity index (χ1) is 9.70. The molecular formula is C15H22N2O3. The van der Waals surface area contributed by atoms with Gasteiger partial charge in [0, 0.05) is 12.3 Å². The van der Waals surface area contributed by atoms with Gasteiger partial charge in [0.15, 0.2) is 5.82 Å². The molecule has 0 bridgehead atoms. The van der Waals surface area contributed by atoms with Crippen LogP contribution >= 0.6 is 0 Å². The van der Waals surface area contributed by atoms with Crippen molar-refractivity contribution in [1.82, 2.24) is 10.1 Å². The van der Waals surface area contributed by atoms with Gasteiger partial charge in [-0.3, -0.25) is 4.79 Å². The van der Waals surface area contributed by atoms with Crippen molar-refractivity contribution in [1.29, 1.82) is 0 Å². The minimum Gasteiger partial charge on any atom is -0.481 e. The first kappa shape index (κ1) is 13.6. The average molecular weight is 278 g/mol. The standard InChI is InChI=1S/C15H22N2O3/c18-14(19)15(8-4-1-5-9-15)10-12-16-13(17-20-12)11-6-2-3-7-11/h11H,1-10H2,(H,18,19). The highest BCUT2D eigenvalue weighted by atomic mass is 16.5. The summed E-state index contributed by atoms with van der Waals surface area (Å²) in [5, 5.41) is 13.7. The molecule has 1 aromatic heterocycles. The summed E-state index contributed by atoms with van der Waals surface area (Å²) in [6.45, 7) is 0. The van der Waals surface area contributed by atoms with Gasteiger partial charge < -0.3 is 9.63 Å². The molecule has 0 amide bonds. The van der Waals surface area contributed by atoms with Crippen LogP contribution in [-0.4, -0.2) is 21.2 Å². The summed E-state index contributed by atoms with van der Waals surface area (Å²) in [6.07, 6.45) is 9.65. The lowest BCUT2D eigenvalue weighted by molar-refractivity contribution is -0.151. The fourth-order valence-corrected chi connectivity index (χ4v) is 3.67. The van der Waals surface area contributed by atoms with Crippen molar-refractivity contribution >= 4 is 5.97 Å². The summed E-state index contributed by atoms with van der Waals surface area (Å²) in [5.74, 6) is 1.00. The molecule has 1 N–H and O–H groups in total. The van der Waals surface area contributed by atoms with Gasteiger partial charge >= 0.3 is 5.97 Å². The van der Waals surface area contributed by atoms with E-state index in [1.165, 1.54) is 12.8 Å². The number of aromatic nitrogens is 2. The molecule has 0 radical (unpaired) electrons. The highest BCUT2D eigenvalue weighted by Gasteiger charge is 2.41. The van der Waals surface area contributed by atoms with Crippen LogP contribution in [0.1, 0.15) is 75.4 Å². The highest BCUT2D eigenvalue weighted by molar-refractivity contribution is 5.75. The molecule has 1 heterocycles. The zero-order valence-corrected chi connectivity index (χ0v) is 11.8. The van der Waals surface area contributed by atoms with Crippen molar-refractivity contribution in [3.05, 3.63) is 11.7 Å². The van der Waals surface area contributed by atoms with E-state index >= 15 is 0 Å². The molecule has 0 atom stereocenters. The summed E-state index contributed by atoms with van der Waals surface area (Å²) in [6, 6.07) is 0. The Balaban J connectivity index is 1.73. The van der Waals surface area contributed by atoms with Crippen molar-refractivity contribution in [2.45, 2.75) is 70.1 Å². The van der Waals surface area contributed by atoms with Crippen LogP contribution in [0, 0.1) is 5.41 Å². The summed E-state index contributed by atoms with van der Waals surface area (Å²) in [5.41, 5.74) is -0.683. The Labute approximate surface area is 118 Å². The van der Waals surface area contributed by atoms with Crippen LogP contribution in [0.3, 0.4) is 0 Å². The van der Waals surface area contributed by atoms with Crippen LogP contribution in [0.15, 0.2) is 4.52 Å². The van der Waals surface area contributed by atoms with E-state index in [1.54, 1.807) is 0 Å². The first-order valence-corrected chi connectivity index (χ1v) is 7.75. The third-order valence-electron chi connectivity index (χ3n) is 4.96. The zero-order valence-electron chi connectivity index (χ0n) is 11.8. The quantitative estimate of drug-likeness (QED) is 0.914. The van der Waals surface area contributed by atoms with E-state index in [1.807, 2.05) is 0 Å². The van der Waals surface area contributed by atoms with Crippen LogP contribution in [0.2, 0.25) is 0 Å². The third kappa shape index (κ3) is 2.58. The topological polar surface area (TPSA) is 76.2 Å². The Morgan fingerprint density at radius 2 is 1.90 bits per heavy atom. The van der Waals surface area contributed by atoms with Gasteiger partial charge in [0.2, 0.25) is 5.89 Å². The fourth-order valence-electron chi connectivity index (χ4n) is 3.67. The Morgan fingerprint density at radius 1 is 1.20 bits per heavy atom. The molecule has 0 aromatic carbocycles. The van der Waals surface area contributed by atoms with Crippen molar-refractivity contribution < 1.29 is 14.4 Å². The lowest BCUT2D eigenvalue weighted by Gasteiger charge is -2.31. The zero-order chi connectivity index (χ0) is 14.0. The van der Waals surface area contributed by atoms with E-state index < -0.39 is 11.4 Å². The molecule has 5 heteroatoms. The predicted molar refractivity (Wildman–Crippen MR) is 72.4 cm³/mol. The number of nitrogens with zero attached hydrogens (tertiary/aromatic N) is 2. The van der Waals surface area contributed by atoms with Crippen molar-refractivity contribution in [2.24, 2.45) is 5.41 Å². The Bertz CT molecular complexity index is 471. The van der Waals surface area contributed by atoms with E-state index in [-0.39, 0.29) is 0 Å². The molecule has 5 nitrogen and oxygen atoms in total. The molecule has 0 aliphatic heterocycles. The number of rotatable bonds is 4. The SMILES string of the molecule is O=C(O)C1(Cc2nc(C3CCCC3)no2)CCCCC1. The monoisotopic (exact) mass is 278 g/mol. The van der Waals surface area contributed by atoms with Crippen molar-refractivity contribution in [3.8, 4) is 0 Å². The lowest BCUT2D eigenvalue weighted by atomic mass is 9.72. The summed E-state index contributed by atoms with van der Waals surface area (Å²) < 4.78 is 5.33. The fraction of sp³-hybridized carbons (Fsp3) is 0.800. The normalized spacial score (nSPS) is 23.0. The summed E-state index contributed by atoms with van der Waals surface area (Å²) in [7, 11) is 0. The third-order valence-corrected chi connectivity index (χ3v) is 4.96. The molecule has 3 rings (SSSR count). The molecule has 2 aliphatic carbocycles. The number of aliphatic carboxylic acids is 1. The van der Waals surface area contributed by atoms with Crippen LogP contribution in [0.5, 0.6) is 0 Å². The molecule has 2 fully saturated rings. The largest absolute Gasteiger partial charge is 0.481 e. The smallest absolute Gasteiger partial charge is 0.310 e. The average Bonchev–Trinajstić information content (AvgIpc) is 3.10. The maximum atomic E-state index is 11.7. The second-order valence-corrected chi connectivity index (χ2v) is 6.35. The minimum absolute atomic E-state index is 0.391. The van der Waals surface area contributed by atoms with Crippen molar-refractivity contribution in [3.63, 3.8) is 0 Å². The number of carboxylic acid groups (broad SMARTS) is 1. The Hall–Kier alpha value is -1.39. The van der Waals surface area contributed by atoms with Gasteiger partial charge in [0.25, 0.3) is 0 Å². The van der Waals surface area contributed by atoms with Crippen LogP contribution in [0.4, 0.5) is 0 Å². The second kappa shape index (κ2) is 5.54. The van der Waals surface area contributed by atoms with Crippen LogP contribution in [0.25, 0.3) is 0 Å². The molecule has 0 spiro atoms. The second-order valence-electron chi connectivity index (χ2n) is 6.35. The van der Waals surface area contributed by atoms with Gasteiger partial charge in [-0.2, -0.15) is 4.98 Å². The van der Waals surface area contributed by atoms with Gasteiger partial charge in [-0.15, -0.1) is 0 Å². The maximum absolute atomic E-state index is 11.7. The molecule has 0 unspecified atom stereocenters. The van der Waals surface area contributed by atoms with Crippen molar-refractivity contribution in [2.75, 3.05) is 0 Å². The first-order valence-electron chi connectivity index (χ1n) is 7.75. The van der Waals surface area contributed by atoms with Gasteiger partial charge in [0.05, 0.1) is 5.41 Å². The van der Waals surface area contributed by atoms with E-state index in [0.717, 1.165) is 50.8 Å². The molecule has 0 saturated heterocycles. The number of hydrogen-bond acceptors (Lipinski definition) is 4. The molecule has 20 heavy (non-hydrogen) atoms. The van der Waals surface area contributed by atoms with E-state index in [4.69, 9.17) is 4.52 Å². The van der Waals surface area contributed by atoms with E-state index in [0.29, 0.717) is 18.2 Å². The maximum Gasteiger partial charge on any atom is 0.310 e. The minimum atomic E-state index is -0.710. The molecule has 2 saturated carbocycles. The summed E-state index contributed by atoms with van der Waals surface area (Å²) in [4.78, 5) is 16.1. The van der Waals surface area contributed by atoms with Gasteiger partial charge in [-0.25, -0.2) is 0 Å². The van der Waals surface area contributed by atoms with Gasteiger partial charge in [0.1, 0.15) is 0 Å². The Kier molecular flexibility index (Phi) is 3.76. The van der Waals surface area contributed by atoms with Crippen LogP contribution < -0.4 is 0 Å².